The van der Waals surface area contributed by atoms with Gasteiger partial charge in [0.15, 0.2) is 0 Å². The molecular weight excluding hydrogens is 220 g/mol. The lowest BCUT2D eigenvalue weighted by atomic mass is 10.1. The highest BCUT2D eigenvalue weighted by Gasteiger charge is 2.07. The predicted octanol–water partition coefficient (Wildman–Crippen LogP) is 3.47. The van der Waals surface area contributed by atoms with Crippen LogP contribution in [0.5, 0.6) is 0 Å². The van der Waals surface area contributed by atoms with Crippen LogP contribution >= 0.6 is 0 Å². The van der Waals surface area contributed by atoms with E-state index in [9.17, 15) is 0 Å². The molecule has 0 fully saturated rings. The standard InChI is InChI=1S/C16H22N2/c1-12-5-7-14-11-13(6-8-15(14)18-12)9-10-17-16(2,3)4/h5-8,11,17H,9-10H2,1-4H3. The molecule has 0 aliphatic heterocycles. The van der Waals surface area contributed by atoms with Crippen LogP contribution in [0.15, 0.2) is 30.3 Å². The number of benzene rings is 1. The van der Waals surface area contributed by atoms with Crippen LogP contribution in [0.4, 0.5) is 0 Å². The second-order valence-corrected chi connectivity index (χ2v) is 5.91. The van der Waals surface area contributed by atoms with E-state index in [1.807, 2.05) is 6.92 Å². The normalized spacial score (nSPS) is 12.0. The van der Waals surface area contributed by atoms with E-state index in [1.54, 1.807) is 0 Å². The predicted molar refractivity (Wildman–Crippen MR) is 77.9 cm³/mol. The molecule has 2 nitrogen and oxygen atoms in total. The number of aromatic nitrogens is 1. The topological polar surface area (TPSA) is 24.9 Å². The number of hydrogen-bond donors (Lipinski definition) is 1. The van der Waals surface area contributed by atoms with Crippen LogP contribution in [0.25, 0.3) is 10.9 Å². The smallest absolute Gasteiger partial charge is 0.0705 e. The lowest BCUT2D eigenvalue weighted by molar-refractivity contribution is 0.429. The lowest BCUT2D eigenvalue weighted by Gasteiger charge is -2.20. The van der Waals surface area contributed by atoms with E-state index in [4.69, 9.17) is 0 Å². The van der Waals surface area contributed by atoms with Crippen molar-refractivity contribution >= 4 is 10.9 Å². The average Bonchev–Trinajstić information content (AvgIpc) is 2.27. The third-order valence-corrected chi connectivity index (χ3v) is 2.96. The van der Waals surface area contributed by atoms with Gasteiger partial charge in [-0.3, -0.25) is 4.98 Å². The molecule has 0 bridgehead atoms. The summed E-state index contributed by atoms with van der Waals surface area (Å²) in [5.74, 6) is 0. The summed E-state index contributed by atoms with van der Waals surface area (Å²) < 4.78 is 0. The van der Waals surface area contributed by atoms with E-state index in [0.717, 1.165) is 24.2 Å². The molecule has 1 heterocycles. The largest absolute Gasteiger partial charge is 0.312 e. The van der Waals surface area contributed by atoms with Crippen LogP contribution in [0, 0.1) is 6.92 Å². The first-order chi connectivity index (χ1) is 8.44. The van der Waals surface area contributed by atoms with Gasteiger partial charge in [-0.25, -0.2) is 0 Å². The van der Waals surface area contributed by atoms with Gasteiger partial charge in [0.2, 0.25) is 0 Å². The first-order valence-electron chi connectivity index (χ1n) is 6.55. The van der Waals surface area contributed by atoms with E-state index in [2.05, 4.69) is 61.4 Å². The molecular formula is C16H22N2. The van der Waals surface area contributed by atoms with Crippen LogP contribution in [0.3, 0.4) is 0 Å². The molecule has 0 saturated carbocycles. The Bertz CT molecular complexity index is 538. The lowest BCUT2D eigenvalue weighted by Crippen LogP contribution is -2.37. The first-order valence-corrected chi connectivity index (χ1v) is 6.55. The van der Waals surface area contributed by atoms with Crippen LogP contribution in [-0.2, 0) is 6.42 Å². The van der Waals surface area contributed by atoms with Gasteiger partial charge in [-0.2, -0.15) is 0 Å². The number of rotatable bonds is 3. The van der Waals surface area contributed by atoms with Crippen molar-refractivity contribution in [3.05, 3.63) is 41.6 Å². The number of fused-ring (bicyclic) bond motifs is 1. The molecule has 0 spiro atoms. The Balaban J connectivity index is 2.08. The third-order valence-electron chi connectivity index (χ3n) is 2.96. The molecule has 0 amide bonds. The van der Waals surface area contributed by atoms with Crippen molar-refractivity contribution in [3.63, 3.8) is 0 Å². The molecule has 1 N–H and O–H groups in total. The van der Waals surface area contributed by atoms with Crippen molar-refractivity contribution in [2.24, 2.45) is 0 Å². The maximum Gasteiger partial charge on any atom is 0.0705 e. The number of nitrogens with one attached hydrogen (secondary N) is 1. The number of aryl methyl sites for hydroxylation is 1. The highest BCUT2D eigenvalue weighted by atomic mass is 14.9. The van der Waals surface area contributed by atoms with E-state index in [-0.39, 0.29) is 5.54 Å². The van der Waals surface area contributed by atoms with E-state index >= 15 is 0 Å². The molecule has 96 valence electrons. The van der Waals surface area contributed by atoms with Crippen molar-refractivity contribution in [1.82, 2.24) is 10.3 Å². The van der Waals surface area contributed by atoms with Crippen LogP contribution in [-0.4, -0.2) is 17.1 Å². The Morgan fingerprint density at radius 1 is 1.11 bits per heavy atom. The van der Waals surface area contributed by atoms with Crippen LogP contribution < -0.4 is 5.32 Å². The second kappa shape index (κ2) is 5.07. The Kier molecular flexibility index (Phi) is 3.67. The zero-order chi connectivity index (χ0) is 13.2. The van der Waals surface area contributed by atoms with Gasteiger partial charge >= 0.3 is 0 Å². The summed E-state index contributed by atoms with van der Waals surface area (Å²) in [4.78, 5) is 4.52. The number of pyridine rings is 1. The summed E-state index contributed by atoms with van der Waals surface area (Å²) in [5.41, 5.74) is 3.72. The molecule has 0 aliphatic carbocycles. The molecule has 0 saturated heterocycles. The Hall–Kier alpha value is -1.41. The molecule has 2 heteroatoms. The molecule has 2 aromatic rings. The zero-order valence-corrected chi connectivity index (χ0v) is 11.7. The summed E-state index contributed by atoms with van der Waals surface area (Å²) in [6, 6.07) is 10.8. The minimum atomic E-state index is 0.190. The summed E-state index contributed by atoms with van der Waals surface area (Å²) in [7, 11) is 0. The Morgan fingerprint density at radius 2 is 1.89 bits per heavy atom. The van der Waals surface area contributed by atoms with Gasteiger partial charge < -0.3 is 5.32 Å². The van der Waals surface area contributed by atoms with Crippen molar-refractivity contribution in [3.8, 4) is 0 Å². The fourth-order valence-corrected chi connectivity index (χ4v) is 2.01. The highest BCUT2D eigenvalue weighted by Crippen LogP contribution is 2.15. The second-order valence-electron chi connectivity index (χ2n) is 5.91. The molecule has 1 aromatic heterocycles. The van der Waals surface area contributed by atoms with Crippen molar-refractivity contribution < 1.29 is 0 Å². The Morgan fingerprint density at radius 3 is 2.61 bits per heavy atom. The van der Waals surface area contributed by atoms with Crippen LogP contribution in [0.2, 0.25) is 0 Å². The summed E-state index contributed by atoms with van der Waals surface area (Å²) in [6.45, 7) is 9.62. The molecule has 1 aromatic carbocycles. The number of hydrogen-bond acceptors (Lipinski definition) is 2. The van der Waals surface area contributed by atoms with Gasteiger partial charge in [0, 0.05) is 16.6 Å². The van der Waals surface area contributed by atoms with E-state index < -0.39 is 0 Å². The third kappa shape index (κ3) is 3.54. The average molecular weight is 242 g/mol. The quantitative estimate of drug-likeness (QED) is 0.891. The summed E-state index contributed by atoms with van der Waals surface area (Å²) >= 11 is 0. The molecule has 18 heavy (non-hydrogen) atoms. The van der Waals surface area contributed by atoms with Crippen molar-refractivity contribution in [1.29, 1.82) is 0 Å². The Labute approximate surface area is 109 Å². The molecule has 0 radical (unpaired) electrons. The first kappa shape index (κ1) is 13.0. The van der Waals surface area contributed by atoms with Crippen molar-refractivity contribution in [2.75, 3.05) is 6.54 Å². The maximum atomic E-state index is 4.52. The zero-order valence-electron chi connectivity index (χ0n) is 11.7. The minimum Gasteiger partial charge on any atom is -0.312 e. The van der Waals surface area contributed by atoms with Gasteiger partial charge in [-0.15, -0.1) is 0 Å². The molecule has 0 atom stereocenters. The van der Waals surface area contributed by atoms with Crippen LogP contribution in [0.1, 0.15) is 32.0 Å². The van der Waals surface area contributed by atoms with Gasteiger partial charge in [-0.1, -0.05) is 12.1 Å². The molecule has 0 unspecified atom stereocenters. The van der Waals surface area contributed by atoms with Gasteiger partial charge in [0.1, 0.15) is 0 Å². The van der Waals surface area contributed by atoms with Gasteiger partial charge in [-0.05, 0) is 64.4 Å². The summed E-state index contributed by atoms with van der Waals surface area (Å²) in [6.07, 6.45) is 1.06. The van der Waals surface area contributed by atoms with Gasteiger partial charge in [0.05, 0.1) is 5.52 Å². The maximum absolute atomic E-state index is 4.52. The molecule has 2 rings (SSSR count). The van der Waals surface area contributed by atoms with Crippen molar-refractivity contribution in [2.45, 2.75) is 39.7 Å². The van der Waals surface area contributed by atoms with E-state index in [1.165, 1.54) is 10.9 Å². The fourth-order valence-electron chi connectivity index (χ4n) is 2.01. The fraction of sp³-hybridized carbons (Fsp3) is 0.438. The number of nitrogens with zero attached hydrogens (tertiary/aromatic N) is 1. The minimum absolute atomic E-state index is 0.190. The summed E-state index contributed by atoms with van der Waals surface area (Å²) in [5, 5.41) is 4.74. The highest BCUT2D eigenvalue weighted by molar-refractivity contribution is 5.79. The van der Waals surface area contributed by atoms with Gasteiger partial charge in [0.25, 0.3) is 0 Å². The van der Waals surface area contributed by atoms with E-state index in [0.29, 0.717) is 0 Å². The SMILES string of the molecule is Cc1ccc2cc(CCNC(C)(C)C)ccc2n1. The molecule has 0 aliphatic rings. The monoisotopic (exact) mass is 242 g/mol.